The molecule has 7 nitrogen and oxygen atoms in total. The predicted octanol–water partition coefficient (Wildman–Crippen LogP) is 3.02. The number of nitrogens with two attached hydrogens (primary N) is 1. The van der Waals surface area contributed by atoms with Crippen LogP contribution in [-0.2, 0) is 22.7 Å². The molecule has 178 valence electrons. The fourth-order valence-corrected chi connectivity index (χ4v) is 4.27. The smallest absolute Gasteiger partial charge is 0.239 e. The van der Waals surface area contributed by atoms with Gasteiger partial charge in [0.2, 0.25) is 11.8 Å². The molecule has 1 aliphatic rings. The molecule has 7 heteroatoms. The average Bonchev–Trinajstić information content (AvgIpc) is 2.83. The molecule has 1 aliphatic heterocycles. The van der Waals surface area contributed by atoms with Gasteiger partial charge in [-0.3, -0.25) is 14.5 Å². The van der Waals surface area contributed by atoms with E-state index in [1.807, 2.05) is 59.2 Å². The molecule has 0 spiro atoms. The van der Waals surface area contributed by atoms with Gasteiger partial charge in [0.05, 0.1) is 12.6 Å². The summed E-state index contributed by atoms with van der Waals surface area (Å²) in [7, 11) is 0. The minimum atomic E-state index is -0.585. The molecule has 33 heavy (non-hydrogen) atoms. The van der Waals surface area contributed by atoms with Crippen LogP contribution in [0.4, 0.5) is 5.69 Å². The van der Waals surface area contributed by atoms with Gasteiger partial charge in [0.15, 0.2) is 0 Å². The van der Waals surface area contributed by atoms with Crippen molar-refractivity contribution in [2.75, 3.05) is 37.7 Å². The molecule has 0 unspecified atom stereocenters. The number of anilines is 1. The first kappa shape index (κ1) is 24.7. The highest BCUT2D eigenvalue weighted by molar-refractivity contribution is 5.92. The summed E-state index contributed by atoms with van der Waals surface area (Å²) >= 11 is 0. The van der Waals surface area contributed by atoms with Gasteiger partial charge in [-0.2, -0.15) is 0 Å². The van der Waals surface area contributed by atoms with Crippen LogP contribution in [0.2, 0.25) is 0 Å². The first-order valence-electron chi connectivity index (χ1n) is 11.7. The average molecular weight is 453 g/mol. The Hall–Kier alpha value is -2.90. The zero-order chi connectivity index (χ0) is 23.8. The Bertz CT molecular complexity index is 947. The Labute approximate surface area is 197 Å². The Morgan fingerprint density at radius 1 is 1.03 bits per heavy atom. The molecule has 1 atom stereocenters. The van der Waals surface area contributed by atoms with Crippen LogP contribution in [0.5, 0.6) is 5.75 Å². The molecule has 0 aliphatic carbocycles. The number of nitrogens with zero attached hydrogens (tertiary/aromatic N) is 3. The van der Waals surface area contributed by atoms with E-state index in [0.29, 0.717) is 39.3 Å². The number of ether oxygens (including phenoxy) is 1. The highest BCUT2D eigenvalue weighted by Crippen LogP contribution is 2.25. The molecule has 2 aromatic carbocycles. The molecule has 0 radical (unpaired) electrons. The highest BCUT2D eigenvalue weighted by Gasteiger charge is 2.24. The number of carbonyl (C=O) groups is 2. The lowest BCUT2D eigenvalue weighted by atomic mass is 10.1. The van der Waals surface area contributed by atoms with Crippen LogP contribution in [0.3, 0.4) is 0 Å². The van der Waals surface area contributed by atoms with E-state index in [9.17, 15) is 9.59 Å². The van der Waals surface area contributed by atoms with E-state index >= 15 is 0 Å². The summed E-state index contributed by atoms with van der Waals surface area (Å²) in [6.45, 7) is 9.73. The lowest BCUT2D eigenvalue weighted by molar-refractivity contribution is -0.133. The fraction of sp³-hybridized carbons (Fsp3) is 0.462. The molecule has 2 amide bonds. The number of amides is 2. The van der Waals surface area contributed by atoms with Crippen molar-refractivity contribution >= 4 is 17.5 Å². The van der Waals surface area contributed by atoms with Crippen molar-refractivity contribution in [2.24, 2.45) is 5.73 Å². The van der Waals surface area contributed by atoms with Gasteiger partial charge in [-0.05, 0) is 38.0 Å². The van der Waals surface area contributed by atoms with E-state index in [1.54, 1.807) is 13.8 Å². The van der Waals surface area contributed by atoms with E-state index in [-0.39, 0.29) is 11.8 Å². The summed E-state index contributed by atoms with van der Waals surface area (Å²) in [6, 6.07) is 15.3. The lowest BCUT2D eigenvalue weighted by Crippen LogP contribution is -2.45. The first-order chi connectivity index (χ1) is 15.9. The molecular weight excluding hydrogens is 416 g/mol. The van der Waals surface area contributed by atoms with Gasteiger partial charge in [-0.25, -0.2) is 0 Å². The van der Waals surface area contributed by atoms with Crippen molar-refractivity contribution in [2.45, 2.75) is 46.3 Å². The van der Waals surface area contributed by atoms with Crippen LogP contribution in [0, 0.1) is 0 Å². The van der Waals surface area contributed by atoms with E-state index in [1.165, 1.54) is 0 Å². The monoisotopic (exact) mass is 452 g/mol. The molecule has 0 saturated carbocycles. The number of rotatable bonds is 5. The quantitative estimate of drug-likeness (QED) is 0.755. The first-order valence-corrected chi connectivity index (χ1v) is 11.7. The zero-order valence-corrected chi connectivity index (χ0v) is 20.0. The van der Waals surface area contributed by atoms with Gasteiger partial charge >= 0.3 is 0 Å². The normalized spacial score (nSPS) is 16.5. The maximum atomic E-state index is 13.0. The number of hydrogen-bond donors (Lipinski definition) is 1. The van der Waals surface area contributed by atoms with E-state index < -0.39 is 6.04 Å². The van der Waals surface area contributed by atoms with Crippen molar-refractivity contribution in [1.29, 1.82) is 0 Å². The molecule has 0 saturated heterocycles. The lowest BCUT2D eigenvalue weighted by Gasteiger charge is -2.29. The van der Waals surface area contributed by atoms with E-state index in [4.69, 9.17) is 10.5 Å². The fourth-order valence-electron chi connectivity index (χ4n) is 4.27. The van der Waals surface area contributed by atoms with Gasteiger partial charge < -0.3 is 20.3 Å². The molecule has 0 bridgehead atoms. The summed E-state index contributed by atoms with van der Waals surface area (Å²) in [5, 5.41) is 0. The summed E-state index contributed by atoms with van der Waals surface area (Å²) in [5.74, 6) is 0.795. The van der Waals surface area contributed by atoms with Crippen LogP contribution in [0.15, 0.2) is 48.5 Å². The number of benzene rings is 2. The van der Waals surface area contributed by atoms with Crippen LogP contribution >= 0.6 is 0 Å². The Morgan fingerprint density at radius 3 is 2.48 bits per heavy atom. The summed E-state index contributed by atoms with van der Waals surface area (Å²) < 4.78 is 5.82. The zero-order valence-electron chi connectivity index (χ0n) is 20.0. The van der Waals surface area contributed by atoms with Gasteiger partial charge in [0.25, 0.3) is 0 Å². The van der Waals surface area contributed by atoms with Gasteiger partial charge in [-0.15, -0.1) is 0 Å². The Morgan fingerprint density at radius 2 is 1.76 bits per heavy atom. The van der Waals surface area contributed by atoms with Crippen molar-refractivity contribution in [3.05, 3.63) is 59.7 Å². The third kappa shape index (κ3) is 6.55. The number of carbonyl (C=O) groups excluding carboxylic acids is 2. The largest absolute Gasteiger partial charge is 0.494 e. The molecule has 0 aromatic heterocycles. The van der Waals surface area contributed by atoms with Gasteiger partial charge in [0.1, 0.15) is 5.75 Å². The summed E-state index contributed by atoms with van der Waals surface area (Å²) in [5.41, 5.74) is 8.91. The van der Waals surface area contributed by atoms with Crippen molar-refractivity contribution in [3.8, 4) is 5.75 Å². The Balaban J connectivity index is 1.90. The predicted molar refractivity (Wildman–Crippen MR) is 131 cm³/mol. The van der Waals surface area contributed by atoms with Crippen molar-refractivity contribution < 1.29 is 14.3 Å². The highest BCUT2D eigenvalue weighted by atomic mass is 16.5. The SMILES string of the molecule is CCOc1ccccc1CN1CCCN(C(C)=O)c2ccccc2CN(C(=O)[C@@H](C)N)CC1. The topological polar surface area (TPSA) is 79.1 Å². The van der Waals surface area contributed by atoms with Gasteiger partial charge in [0, 0.05) is 57.4 Å². The van der Waals surface area contributed by atoms with Crippen LogP contribution in [0.25, 0.3) is 0 Å². The summed E-state index contributed by atoms with van der Waals surface area (Å²) in [4.78, 5) is 31.4. The maximum Gasteiger partial charge on any atom is 0.239 e. The van der Waals surface area contributed by atoms with Crippen molar-refractivity contribution in [1.82, 2.24) is 9.80 Å². The molecule has 2 aromatic rings. The Kier molecular flexibility index (Phi) is 8.86. The molecule has 0 fully saturated rings. The third-order valence-electron chi connectivity index (χ3n) is 5.93. The summed E-state index contributed by atoms with van der Waals surface area (Å²) in [6.07, 6.45) is 0.825. The molecule has 3 rings (SSSR count). The second-order valence-electron chi connectivity index (χ2n) is 8.52. The van der Waals surface area contributed by atoms with E-state index in [0.717, 1.165) is 35.5 Å². The second-order valence-corrected chi connectivity index (χ2v) is 8.52. The third-order valence-corrected chi connectivity index (χ3v) is 5.93. The van der Waals surface area contributed by atoms with Crippen LogP contribution in [-0.4, -0.2) is 60.4 Å². The minimum absolute atomic E-state index is 0.00000723. The number of para-hydroxylation sites is 2. The number of hydrogen-bond acceptors (Lipinski definition) is 5. The maximum absolute atomic E-state index is 13.0. The molecular formula is C26H36N4O3. The molecule has 2 N–H and O–H groups in total. The van der Waals surface area contributed by atoms with Gasteiger partial charge in [-0.1, -0.05) is 36.4 Å². The van der Waals surface area contributed by atoms with Crippen LogP contribution in [0.1, 0.15) is 38.3 Å². The standard InChI is InChI=1S/C26H36N4O3/c1-4-33-25-13-8-6-11-23(25)18-28-14-9-15-30(21(3)31)24-12-7-5-10-22(24)19-29(17-16-28)26(32)20(2)27/h5-8,10-13,20H,4,9,14-19,27H2,1-3H3/t20-/m1/s1. The van der Waals surface area contributed by atoms with Crippen LogP contribution < -0.4 is 15.4 Å². The number of fused-ring (bicyclic) bond motifs is 1. The van der Waals surface area contributed by atoms with Crippen molar-refractivity contribution in [3.63, 3.8) is 0 Å². The minimum Gasteiger partial charge on any atom is -0.494 e. The second kappa shape index (κ2) is 11.8. The molecule has 1 heterocycles. The van der Waals surface area contributed by atoms with E-state index in [2.05, 4.69) is 11.0 Å².